The Bertz CT molecular complexity index is 188. The van der Waals surface area contributed by atoms with Gasteiger partial charge in [0.05, 0.1) is 0 Å². The summed E-state index contributed by atoms with van der Waals surface area (Å²) in [6.45, 7) is 16.6. The highest BCUT2D eigenvalue weighted by atomic mass is 15.2. The SMILES string of the molecule is CC(C)(C)CCCC1CN(C(C)(C)C)C1. The molecule has 1 rings (SSSR count). The minimum absolute atomic E-state index is 0.389. The monoisotopic (exact) mass is 211 g/mol. The van der Waals surface area contributed by atoms with Gasteiger partial charge in [-0.05, 0) is 44.9 Å². The smallest absolute Gasteiger partial charge is 0.0125 e. The molecule has 1 fully saturated rings. The van der Waals surface area contributed by atoms with Gasteiger partial charge < -0.3 is 0 Å². The molecule has 1 heterocycles. The summed E-state index contributed by atoms with van der Waals surface area (Å²) in [7, 11) is 0. The van der Waals surface area contributed by atoms with E-state index in [1.165, 1.54) is 32.4 Å². The molecule has 0 aromatic heterocycles. The lowest BCUT2D eigenvalue weighted by atomic mass is 9.84. The van der Waals surface area contributed by atoms with Gasteiger partial charge in [0.15, 0.2) is 0 Å². The molecule has 1 nitrogen and oxygen atoms in total. The van der Waals surface area contributed by atoms with Crippen molar-refractivity contribution in [1.29, 1.82) is 0 Å². The van der Waals surface area contributed by atoms with Crippen molar-refractivity contribution in [3.8, 4) is 0 Å². The Labute approximate surface area is 96.2 Å². The first kappa shape index (κ1) is 13.0. The molecule has 90 valence electrons. The molecule has 0 unspecified atom stereocenters. The van der Waals surface area contributed by atoms with E-state index in [1.807, 2.05) is 0 Å². The van der Waals surface area contributed by atoms with Crippen LogP contribution in [0.5, 0.6) is 0 Å². The fourth-order valence-electron chi connectivity index (χ4n) is 2.22. The number of nitrogens with zero attached hydrogens (tertiary/aromatic N) is 1. The summed E-state index contributed by atoms with van der Waals surface area (Å²) in [5.41, 5.74) is 0.911. The van der Waals surface area contributed by atoms with Crippen LogP contribution in [-0.2, 0) is 0 Å². The second-order valence-electron chi connectivity index (χ2n) is 7.39. The molecule has 15 heavy (non-hydrogen) atoms. The second-order valence-corrected chi connectivity index (χ2v) is 7.39. The Morgan fingerprint density at radius 3 is 1.93 bits per heavy atom. The third-order valence-electron chi connectivity index (χ3n) is 3.45. The van der Waals surface area contributed by atoms with Crippen molar-refractivity contribution in [3.05, 3.63) is 0 Å². The standard InChI is InChI=1S/C14H29N/c1-13(2,3)9-7-8-12-10-15(11-12)14(4,5)6/h12H,7-11H2,1-6H3. The highest BCUT2D eigenvalue weighted by Gasteiger charge is 2.33. The Hall–Kier alpha value is -0.0400. The highest BCUT2D eigenvalue weighted by molar-refractivity contribution is 4.88. The van der Waals surface area contributed by atoms with Crippen LogP contribution in [0.25, 0.3) is 0 Å². The minimum Gasteiger partial charge on any atom is -0.298 e. The molecule has 0 bridgehead atoms. The van der Waals surface area contributed by atoms with Crippen LogP contribution in [0.4, 0.5) is 0 Å². The third-order valence-corrected chi connectivity index (χ3v) is 3.45. The maximum atomic E-state index is 2.59. The van der Waals surface area contributed by atoms with Crippen LogP contribution in [0.15, 0.2) is 0 Å². The second kappa shape index (κ2) is 4.45. The van der Waals surface area contributed by atoms with Gasteiger partial charge in [-0.3, -0.25) is 4.90 Å². The van der Waals surface area contributed by atoms with E-state index in [9.17, 15) is 0 Å². The molecular formula is C14H29N. The fraction of sp³-hybridized carbons (Fsp3) is 1.00. The van der Waals surface area contributed by atoms with Gasteiger partial charge in [0.1, 0.15) is 0 Å². The van der Waals surface area contributed by atoms with Gasteiger partial charge in [0.2, 0.25) is 0 Å². The van der Waals surface area contributed by atoms with E-state index >= 15 is 0 Å². The maximum absolute atomic E-state index is 2.59. The van der Waals surface area contributed by atoms with Crippen LogP contribution in [0.2, 0.25) is 0 Å². The van der Waals surface area contributed by atoms with Crippen LogP contribution in [0.1, 0.15) is 60.8 Å². The summed E-state index contributed by atoms with van der Waals surface area (Å²) in [4.78, 5) is 2.59. The van der Waals surface area contributed by atoms with Crippen molar-refractivity contribution in [3.63, 3.8) is 0 Å². The van der Waals surface area contributed by atoms with Crippen LogP contribution in [0.3, 0.4) is 0 Å². The van der Waals surface area contributed by atoms with E-state index in [0.29, 0.717) is 11.0 Å². The molecule has 0 N–H and O–H groups in total. The molecule has 0 saturated carbocycles. The van der Waals surface area contributed by atoms with E-state index in [0.717, 1.165) is 5.92 Å². The zero-order valence-electron chi connectivity index (χ0n) is 11.6. The van der Waals surface area contributed by atoms with Crippen molar-refractivity contribution in [1.82, 2.24) is 4.90 Å². The summed E-state index contributed by atoms with van der Waals surface area (Å²) in [5.74, 6) is 0.978. The van der Waals surface area contributed by atoms with Crippen molar-refractivity contribution in [2.24, 2.45) is 11.3 Å². The first-order chi connectivity index (χ1) is 6.68. The summed E-state index contributed by atoms with van der Waals surface area (Å²) >= 11 is 0. The van der Waals surface area contributed by atoms with Crippen molar-refractivity contribution in [2.45, 2.75) is 66.3 Å². The first-order valence-corrected chi connectivity index (χ1v) is 6.43. The van der Waals surface area contributed by atoms with Gasteiger partial charge in [-0.25, -0.2) is 0 Å². The van der Waals surface area contributed by atoms with E-state index in [2.05, 4.69) is 46.4 Å². The Balaban J connectivity index is 2.09. The zero-order chi connectivity index (χ0) is 11.7. The highest BCUT2D eigenvalue weighted by Crippen LogP contribution is 2.30. The molecule has 0 spiro atoms. The van der Waals surface area contributed by atoms with Gasteiger partial charge in [0, 0.05) is 18.6 Å². The van der Waals surface area contributed by atoms with Gasteiger partial charge in [-0.15, -0.1) is 0 Å². The number of hydrogen-bond donors (Lipinski definition) is 0. The van der Waals surface area contributed by atoms with Crippen molar-refractivity contribution in [2.75, 3.05) is 13.1 Å². The Kier molecular flexibility index (Phi) is 3.86. The van der Waals surface area contributed by atoms with Crippen molar-refractivity contribution >= 4 is 0 Å². The number of rotatable bonds is 3. The lowest BCUT2D eigenvalue weighted by Gasteiger charge is -2.48. The van der Waals surface area contributed by atoms with Gasteiger partial charge in [0.25, 0.3) is 0 Å². The summed E-state index contributed by atoms with van der Waals surface area (Å²) in [5, 5.41) is 0. The largest absolute Gasteiger partial charge is 0.298 e. The van der Waals surface area contributed by atoms with Gasteiger partial charge in [-0.2, -0.15) is 0 Å². The van der Waals surface area contributed by atoms with Crippen LogP contribution >= 0.6 is 0 Å². The van der Waals surface area contributed by atoms with E-state index in [4.69, 9.17) is 0 Å². The average molecular weight is 211 g/mol. The quantitative estimate of drug-likeness (QED) is 0.683. The summed E-state index contributed by atoms with van der Waals surface area (Å²) < 4.78 is 0. The molecule has 1 saturated heterocycles. The van der Waals surface area contributed by atoms with E-state index < -0.39 is 0 Å². The molecule has 0 radical (unpaired) electrons. The normalized spacial score (nSPS) is 20.4. The predicted octanol–water partition coefficient (Wildman–Crippen LogP) is 3.93. The Morgan fingerprint density at radius 2 is 1.53 bits per heavy atom. The number of likely N-dealkylation sites (tertiary alicyclic amines) is 1. The molecule has 0 aromatic carbocycles. The van der Waals surface area contributed by atoms with Gasteiger partial charge >= 0.3 is 0 Å². The predicted molar refractivity (Wildman–Crippen MR) is 68.1 cm³/mol. The molecule has 0 amide bonds. The lowest BCUT2D eigenvalue weighted by molar-refractivity contribution is 0.00870. The minimum atomic E-state index is 0.389. The Morgan fingerprint density at radius 1 is 1.00 bits per heavy atom. The molecule has 0 atom stereocenters. The maximum Gasteiger partial charge on any atom is 0.0125 e. The average Bonchev–Trinajstić information content (AvgIpc) is 1.88. The van der Waals surface area contributed by atoms with E-state index in [1.54, 1.807) is 0 Å². The van der Waals surface area contributed by atoms with Gasteiger partial charge in [-0.1, -0.05) is 27.2 Å². The topological polar surface area (TPSA) is 3.24 Å². The fourth-order valence-corrected chi connectivity index (χ4v) is 2.22. The summed E-state index contributed by atoms with van der Waals surface area (Å²) in [6, 6.07) is 0. The van der Waals surface area contributed by atoms with Crippen LogP contribution in [0, 0.1) is 11.3 Å². The third kappa shape index (κ3) is 4.55. The van der Waals surface area contributed by atoms with E-state index in [-0.39, 0.29) is 0 Å². The summed E-state index contributed by atoms with van der Waals surface area (Å²) in [6.07, 6.45) is 4.22. The molecule has 1 aliphatic rings. The van der Waals surface area contributed by atoms with Crippen LogP contribution < -0.4 is 0 Å². The number of hydrogen-bond acceptors (Lipinski definition) is 1. The lowest BCUT2D eigenvalue weighted by Crippen LogP contribution is -2.55. The zero-order valence-corrected chi connectivity index (χ0v) is 11.6. The molecular weight excluding hydrogens is 182 g/mol. The molecule has 1 aliphatic heterocycles. The van der Waals surface area contributed by atoms with Crippen LogP contribution in [-0.4, -0.2) is 23.5 Å². The first-order valence-electron chi connectivity index (χ1n) is 6.43. The molecule has 0 aliphatic carbocycles. The molecule has 1 heteroatoms. The molecule has 0 aromatic rings. The van der Waals surface area contributed by atoms with Crippen molar-refractivity contribution < 1.29 is 0 Å².